The summed E-state index contributed by atoms with van der Waals surface area (Å²) in [7, 11) is 0. The maximum Gasteiger partial charge on any atom is 0.270 e. The van der Waals surface area contributed by atoms with Gasteiger partial charge in [0.15, 0.2) is 5.82 Å². The molecule has 0 saturated carbocycles. The Labute approximate surface area is 163 Å². The third-order valence-corrected chi connectivity index (χ3v) is 4.45. The molecule has 5 heteroatoms. The number of carbonyl (C=O) groups is 1. The molecule has 138 valence electrons. The number of aryl methyl sites for hydroxylation is 1. The summed E-state index contributed by atoms with van der Waals surface area (Å²) >= 11 is 0. The van der Waals surface area contributed by atoms with E-state index < -0.39 is 0 Å². The molecule has 5 nitrogen and oxygen atoms in total. The highest BCUT2D eigenvalue weighted by Crippen LogP contribution is 2.21. The van der Waals surface area contributed by atoms with E-state index in [4.69, 9.17) is 0 Å². The Bertz CT molecular complexity index is 1070. The highest BCUT2D eigenvalue weighted by molar-refractivity contribution is 5.94. The Morgan fingerprint density at radius 3 is 2.43 bits per heavy atom. The maximum absolute atomic E-state index is 12.9. The van der Waals surface area contributed by atoms with Crippen LogP contribution in [-0.4, -0.2) is 20.7 Å². The Morgan fingerprint density at radius 1 is 0.964 bits per heavy atom. The molecular formula is C23H20N4O. The topological polar surface area (TPSA) is 59.8 Å². The van der Waals surface area contributed by atoms with Crippen LogP contribution in [0.25, 0.3) is 17.1 Å². The van der Waals surface area contributed by atoms with Gasteiger partial charge >= 0.3 is 0 Å². The normalized spacial score (nSPS) is 10.6. The molecule has 2 aromatic carbocycles. The van der Waals surface area contributed by atoms with E-state index in [0.717, 1.165) is 16.8 Å². The highest BCUT2D eigenvalue weighted by atomic mass is 16.2. The second-order valence-electron chi connectivity index (χ2n) is 6.55. The first-order valence-corrected chi connectivity index (χ1v) is 9.11. The first kappa shape index (κ1) is 17.7. The van der Waals surface area contributed by atoms with Crippen molar-refractivity contribution in [2.45, 2.75) is 13.5 Å². The number of rotatable bonds is 5. The van der Waals surface area contributed by atoms with Gasteiger partial charge in [-0.2, -0.15) is 5.10 Å². The van der Waals surface area contributed by atoms with Gasteiger partial charge in [-0.15, -0.1) is 0 Å². The summed E-state index contributed by atoms with van der Waals surface area (Å²) in [4.78, 5) is 17.3. The first-order chi connectivity index (χ1) is 13.7. The van der Waals surface area contributed by atoms with E-state index in [1.165, 1.54) is 5.56 Å². The fraction of sp³-hybridized carbons (Fsp3) is 0.0870. The van der Waals surface area contributed by atoms with E-state index >= 15 is 0 Å². The van der Waals surface area contributed by atoms with Crippen LogP contribution in [0.2, 0.25) is 0 Å². The van der Waals surface area contributed by atoms with Crippen molar-refractivity contribution in [2.24, 2.45) is 0 Å². The Morgan fingerprint density at radius 2 is 1.71 bits per heavy atom. The van der Waals surface area contributed by atoms with Gasteiger partial charge in [-0.1, -0.05) is 66.2 Å². The summed E-state index contributed by atoms with van der Waals surface area (Å²) in [6.45, 7) is 2.49. The van der Waals surface area contributed by atoms with Crippen molar-refractivity contribution in [1.82, 2.24) is 20.1 Å². The number of carbonyl (C=O) groups excluding carboxylic acids is 1. The number of nitrogens with one attached hydrogen (secondary N) is 1. The lowest BCUT2D eigenvalue weighted by atomic mass is 10.1. The molecule has 0 aliphatic carbocycles. The molecule has 0 saturated heterocycles. The van der Waals surface area contributed by atoms with E-state index in [-0.39, 0.29) is 5.91 Å². The van der Waals surface area contributed by atoms with Gasteiger partial charge in [-0.3, -0.25) is 4.79 Å². The van der Waals surface area contributed by atoms with Crippen LogP contribution in [-0.2, 0) is 6.54 Å². The van der Waals surface area contributed by atoms with Gasteiger partial charge in [0.2, 0.25) is 0 Å². The van der Waals surface area contributed by atoms with E-state index in [2.05, 4.69) is 15.4 Å². The largest absolute Gasteiger partial charge is 0.347 e. The molecule has 0 aliphatic rings. The van der Waals surface area contributed by atoms with Crippen molar-refractivity contribution >= 4 is 5.91 Å². The van der Waals surface area contributed by atoms with Gasteiger partial charge in [0, 0.05) is 18.3 Å². The van der Waals surface area contributed by atoms with Crippen molar-refractivity contribution in [1.29, 1.82) is 0 Å². The fourth-order valence-electron chi connectivity index (χ4n) is 2.93. The predicted octanol–water partition coefficient (Wildman–Crippen LogP) is 4.17. The molecule has 0 bridgehead atoms. The van der Waals surface area contributed by atoms with E-state index in [1.54, 1.807) is 16.9 Å². The number of benzene rings is 2. The third-order valence-electron chi connectivity index (χ3n) is 4.45. The summed E-state index contributed by atoms with van der Waals surface area (Å²) in [5.74, 6) is 0.408. The van der Waals surface area contributed by atoms with Crippen molar-refractivity contribution in [3.63, 3.8) is 0 Å². The van der Waals surface area contributed by atoms with E-state index in [0.29, 0.717) is 18.1 Å². The van der Waals surface area contributed by atoms with Gasteiger partial charge in [0.05, 0.1) is 5.69 Å². The molecule has 2 heterocycles. The number of nitrogens with zero attached hydrogens (tertiary/aromatic N) is 3. The van der Waals surface area contributed by atoms with Crippen LogP contribution >= 0.6 is 0 Å². The Balaban J connectivity index is 1.65. The molecule has 2 aromatic heterocycles. The highest BCUT2D eigenvalue weighted by Gasteiger charge is 2.18. The summed E-state index contributed by atoms with van der Waals surface area (Å²) in [5, 5.41) is 7.61. The zero-order valence-electron chi connectivity index (χ0n) is 15.5. The summed E-state index contributed by atoms with van der Waals surface area (Å²) in [6, 6.07) is 25.2. The second-order valence-corrected chi connectivity index (χ2v) is 6.55. The number of pyridine rings is 1. The van der Waals surface area contributed by atoms with E-state index in [9.17, 15) is 4.79 Å². The van der Waals surface area contributed by atoms with Crippen molar-refractivity contribution < 1.29 is 4.79 Å². The van der Waals surface area contributed by atoms with Crippen molar-refractivity contribution in [3.8, 4) is 17.1 Å². The molecular weight excluding hydrogens is 348 g/mol. The lowest BCUT2D eigenvalue weighted by Gasteiger charge is -2.08. The SMILES string of the molecule is Cc1ccc(CNC(=O)c2cc(-c3ccccc3)nn2-c2ccccn2)cc1. The molecule has 1 amide bonds. The smallest absolute Gasteiger partial charge is 0.270 e. The van der Waals surface area contributed by atoms with Gasteiger partial charge in [-0.25, -0.2) is 9.67 Å². The molecule has 0 aliphatic heterocycles. The zero-order valence-corrected chi connectivity index (χ0v) is 15.5. The molecule has 4 aromatic rings. The second kappa shape index (κ2) is 7.88. The van der Waals surface area contributed by atoms with Gasteiger partial charge in [0.25, 0.3) is 5.91 Å². The number of hydrogen-bond acceptors (Lipinski definition) is 3. The lowest BCUT2D eigenvalue weighted by Crippen LogP contribution is -2.25. The molecule has 28 heavy (non-hydrogen) atoms. The standard InChI is InChI=1S/C23H20N4O/c1-17-10-12-18(13-11-17)16-25-23(28)21-15-20(19-7-3-2-4-8-19)26-27(21)22-9-5-6-14-24-22/h2-15H,16H2,1H3,(H,25,28). The van der Waals surface area contributed by atoms with Crippen molar-refractivity contribution in [3.05, 3.63) is 102 Å². The third kappa shape index (κ3) is 3.83. The summed E-state index contributed by atoms with van der Waals surface area (Å²) < 4.78 is 1.59. The Hall–Kier alpha value is -3.73. The van der Waals surface area contributed by atoms with Crippen LogP contribution in [0.15, 0.2) is 85.1 Å². The molecule has 0 radical (unpaired) electrons. The number of amides is 1. The van der Waals surface area contributed by atoms with Crippen LogP contribution in [0, 0.1) is 6.92 Å². The van der Waals surface area contributed by atoms with Gasteiger partial charge in [-0.05, 0) is 30.7 Å². The zero-order chi connectivity index (χ0) is 19.3. The van der Waals surface area contributed by atoms with Crippen LogP contribution in [0.4, 0.5) is 0 Å². The quantitative estimate of drug-likeness (QED) is 0.575. The minimum Gasteiger partial charge on any atom is -0.347 e. The van der Waals surface area contributed by atoms with Crippen LogP contribution in [0.1, 0.15) is 21.6 Å². The predicted molar refractivity (Wildman–Crippen MR) is 109 cm³/mol. The summed E-state index contributed by atoms with van der Waals surface area (Å²) in [6.07, 6.45) is 1.69. The lowest BCUT2D eigenvalue weighted by molar-refractivity contribution is 0.0943. The molecule has 0 fully saturated rings. The summed E-state index contributed by atoms with van der Waals surface area (Å²) in [5.41, 5.74) is 4.36. The maximum atomic E-state index is 12.9. The molecule has 4 rings (SSSR count). The average molecular weight is 368 g/mol. The monoisotopic (exact) mass is 368 g/mol. The molecule has 0 unspecified atom stereocenters. The average Bonchev–Trinajstić information content (AvgIpc) is 3.20. The van der Waals surface area contributed by atoms with E-state index in [1.807, 2.05) is 79.7 Å². The van der Waals surface area contributed by atoms with Gasteiger partial charge < -0.3 is 5.32 Å². The first-order valence-electron chi connectivity index (χ1n) is 9.11. The molecule has 0 atom stereocenters. The fourth-order valence-corrected chi connectivity index (χ4v) is 2.93. The minimum absolute atomic E-state index is 0.194. The van der Waals surface area contributed by atoms with Crippen LogP contribution in [0.5, 0.6) is 0 Å². The number of hydrogen-bond donors (Lipinski definition) is 1. The molecule has 1 N–H and O–H groups in total. The van der Waals surface area contributed by atoms with Crippen molar-refractivity contribution in [2.75, 3.05) is 0 Å². The van der Waals surface area contributed by atoms with Gasteiger partial charge in [0.1, 0.15) is 5.69 Å². The minimum atomic E-state index is -0.194. The number of aromatic nitrogens is 3. The van der Waals surface area contributed by atoms with Crippen LogP contribution in [0.3, 0.4) is 0 Å². The molecule has 0 spiro atoms. The Kier molecular flexibility index (Phi) is 4.97. The van der Waals surface area contributed by atoms with Crippen LogP contribution < -0.4 is 5.32 Å².